The van der Waals surface area contributed by atoms with E-state index in [9.17, 15) is 4.79 Å². The highest BCUT2D eigenvalue weighted by Gasteiger charge is 2.51. The molecule has 0 unspecified atom stereocenters. The van der Waals surface area contributed by atoms with Crippen molar-refractivity contribution >= 4 is 17.7 Å². The maximum atomic E-state index is 12.4. The molecule has 4 aliphatic carbocycles. The molecule has 5 rings (SSSR count). The maximum Gasteiger partial charge on any atom is 0.221 e. The van der Waals surface area contributed by atoms with E-state index in [1.807, 2.05) is 17.8 Å². The molecule has 0 spiro atoms. The topological polar surface area (TPSA) is 29.1 Å². The molecule has 23 heavy (non-hydrogen) atoms. The number of thioether (sulfide) groups is 1. The maximum absolute atomic E-state index is 12.4. The fourth-order valence-electron chi connectivity index (χ4n) is 5.55. The van der Waals surface area contributed by atoms with Gasteiger partial charge in [0.2, 0.25) is 5.91 Å². The van der Waals surface area contributed by atoms with Gasteiger partial charge >= 0.3 is 0 Å². The molecular weight excluding hydrogens is 302 g/mol. The van der Waals surface area contributed by atoms with E-state index in [0.717, 1.165) is 29.3 Å². The van der Waals surface area contributed by atoms with Crippen molar-refractivity contribution in [3.05, 3.63) is 35.9 Å². The monoisotopic (exact) mass is 329 g/mol. The molecule has 4 fully saturated rings. The van der Waals surface area contributed by atoms with E-state index in [4.69, 9.17) is 0 Å². The lowest BCUT2D eigenvalue weighted by Crippen LogP contribution is -2.59. The number of carbonyl (C=O) groups excluding carboxylic acids is 1. The van der Waals surface area contributed by atoms with Crippen LogP contribution in [0.3, 0.4) is 0 Å². The van der Waals surface area contributed by atoms with Gasteiger partial charge in [-0.05, 0) is 61.8 Å². The van der Waals surface area contributed by atoms with Crippen LogP contribution in [-0.2, 0) is 10.5 Å². The third kappa shape index (κ3) is 3.60. The molecule has 4 bridgehead atoms. The minimum Gasteiger partial charge on any atom is -0.351 e. The number of benzene rings is 1. The van der Waals surface area contributed by atoms with Gasteiger partial charge in [0.05, 0.1) is 0 Å². The lowest BCUT2D eigenvalue weighted by Gasteiger charge is -2.56. The van der Waals surface area contributed by atoms with Crippen molar-refractivity contribution in [3.63, 3.8) is 0 Å². The van der Waals surface area contributed by atoms with E-state index in [1.165, 1.54) is 44.1 Å². The molecule has 0 radical (unpaired) electrons. The van der Waals surface area contributed by atoms with Gasteiger partial charge in [0.25, 0.3) is 0 Å². The highest BCUT2D eigenvalue weighted by Crippen LogP contribution is 2.55. The van der Waals surface area contributed by atoms with Crippen LogP contribution in [0.25, 0.3) is 0 Å². The second-order valence-corrected chi connectivity index (χ2v) is 9.14. The fourth-order valence-corrected chi connectivity index (χ4v) is 6.45. The molecule has 1 N–H and O–H groups in total. The van der Waals surface area contributed by atoms with E-state index in [2.05, 4.69) is 29.6 Å². The molecule has 3 heteroatoms. The van der Waals surface area contributed by atoms with Crippen molar-refractivity contribution in [2.24, 2.45) is 17.8 Å². The quantitative estimate of drug-likeness (QED) is 0.784. The second kappa shape index (κ2) is 6.51. The van der Waals surface area contributed by atoms with Gasteiger partial charge in [-0.3, -0.25) is 4.79 Å². The molecule has 124 valence electrons. The Bertz CT molecular complexity index is 521. The molecule has 1 aromatic rings. The van der Waals surface area contributed by atoms with E-state index >= 15 is 0 Å². The molecule has 0 saturated heterocycles. The van der Waals surface area contributed by atoms with Crippen molar-refractivity contribution in [3.8, 4) is 0 Å². The predicted octanol–water partition coefficient (Wildman–Crippen LogP) is 4.39. The summed E-state index contributed by atoms with van der Waals surface area (Å²) in [7, 11) is 0. The Hall–Kier alpha value is -0.960. The standard InChI is InChI=1S/C20H27NOS/c22-19(6-7-23-14-15-4-2-1-3-5-15)21-20-11-16-8-17(12-20)10-18(9-16)13-20/h1-5,16-18H,6-14H2,(H,21,22). The van der Waals surface area contributed by atoms with E-state index in [1.54, 1.807) is 0 Å². The normalized spacial score (nSPS) is 34.5. The average molecular weight is 330 g/mol. The zero-order valence-corrected chi connectivity index (χ0v) is 14.6. The minimum absolute atomic E-state index is 0.177. The van der Waals surface area contributed by atoms with Crippen LogP contribution >= 0.6 is 11.8 Å². The third-order valence-corrected chi connectivity index (χ3v) is 7.06. The van der Waals surface area contributed by atoms with Crippen LogP contribution in [-0.4, -0.2) is 17.2 Å². The van der Waals surface area contributed by atoms with Crippen LogP contribution in [0.2, 0.25) is 0 Å². The zero-order chi connectivity index (χ0) is 15.7. The molecule has 0 atom stereocenters. The highest BCUT2D eigenvalue weighted by molar-refractivity contribution is 7.98. The molecule has 4 aliphatic rings. The SMILES string of the molecule is O=C(CCSCc1ccccc1)NC12CC3CC(CC(C3)C1)C2. The lowest BCUT2D eigenvalue weighted by molar-refractivity contribution is -0.126. The smallest absolute Gasteiger partial charge is 0.221 e. The van der Waals surface area contributed by atoms with Crippen molar-refractivity contribution < 1.29 is 4.79 Å². The Kier molecular flexibility index (Phi) is 4.40. The third-order valence-electron chi connectivity index (χ3n) is 6.03. The summed E-state index contributed by atoms with van der Waals surface area (Å²) in [5.74, 6) is 4.91. The van der Waals surface area contributed by atoms with Crippen molar-refractivity contribution in [1.82, 2.24) is 5.32 Å². The molecular formula is C20H27NOS. The first-order chi connectivity index (χ1) is 11.2. The van der Waals surface area contributed by atoms with Gasteiger partial charge in [-0.25, -0.2) is 0 Å². The average Bonchev–Trinajstić information content (AvgIpc) is 2.51. The molecule has 1 amide bonds. The molecule has 0 aliphatic heterocycles. The molecule has 0 heterocycles. The number of carbonyl (C=O) groups is 1. The molecule has 2 nitrogen and oxygen atoms in total. The zero-order valence-electron chi connectivity index (χ0n) is 13.8. The van der Waals surface area contributed by atoms with Gasteiger partial charge < -0.3 is 5.32 Å². The first kappa shape index (κ1) is 15.6. The van der Waals surface area contributed by atoms with Gasteiger partial charge in [0, 0.05) is 23.5 Å². The Labute approximate surface area is 143 Å². The summed E-state index contributed by atoms with van der Waals surface area (Å²) in [4.78, 5) is 12.4. The van der Waals surface area contributed by atoms with Crippen LogP contribution in [0.5, 0.6) is 0 Å². The second-order valence-electron chi connectivity index (χ2n) is 8.03. The van der Waals surface area contributed by atoms with Gasteiger partial charge in [0.15, 0.2) is 0 Å². The summed E-state index contributed by atoms with van der Waals surface area (Å²) >= 11 is 1.87. The fraction of sp³-hybridized carbons (Fsp3) is 0.650. The lowest BCUT2D eigenvalue weighted by atomic mass is 9.53. The van der Waals surface area contributed by atoms with E-state index in [0.29, 0.717) is 6.42 Å². The van der Waals surface area contributed by atoms with Crippen LogP contribution in [0.1, 0.15) is 50.5 Å². The Morgan fingerprint density at radius 2 is 1.65 bits per heavy atom. The number of hydrogen-bond acceptors (Lipinski definition) is 2. The molecule has 1 aromatic carbocycles. The summed E-state index contributed by atoms with van der Waals surface area (Å²) in [5.41, 5.74) is 1.52. The molecule has 4 saturated carbocycles. The van der Waals surface area contributed by atoms with Gasteiger partial charge in [-0.15, -0.1) is 0 Å². The first-order valence-corrected chi connectivity index (χ1v) is 10.3. The van der Waals surface area contributed by atoms with Crippen molar-refractivity contribution in [1.29, 1.82) is 0 Å². The van der Waals surface area contributed by atoms with Gasteiger partial charge in [0.1, 0.15) is 0 Å². The Morgan fingerprint density at radius 3 is 2.26 bits per heavy atom. The van der Waals surface area contributed by atoms with Crippen LogP contribution in [0.15, 0.2) is 30.3 Å². The van der Waals surface area contributed by atoms with Gasteiger partial charge in [-0.1, -0.05) is 30.3 Å². The van der Waals surface area contributed by atoms with Crippen LogP contribution in [0, 0.1) is 17.8 Å². The summed E-state index contributed by atoms with van der Waals surface area (Å²) in [6.45, 7) is 0. The summed E-state index contributed by atoms with van der Waals surface area (Å²) in [5, 5.41) is 3.47. The predicted molar refractivity (Wildman–Crippen MR) is 96.3 cm³/mol. The van der Waals surface area contributed by atoms with Crippen molar-refractivity contribution in [2.75, 3.05) is 5.75 Å². The van der Waals surface area contributed by atoms with Crippen LogP contribution in [0.4, 0.5) is 0 Å². The highest BCUT2D eigenvalue weighted by atomic mass is 32.2. The van der Waals surface area contributed by atoms with Crippen LogP contribution < -0.4 is 5.32 Å². The minimum atomic E-state index is 0.177. The summed E-state index contributed by atoms with van der Waals surface area (Å²) < 4.78 is 0. The number of rotatable bonds is 6. The largest absolute Gasteiger partial charge is 0.351 e. The Morgan fingerprint density at radius 1 is 1.04 bits per heavy atom. The Balaban J connectivity index is 1.23. The molecule has 0 aromatic heterocycles. The number of hydrogen-bond donors (Lipinski definition) is 1. The summed E-state index contributed by atoms with van der Waals surface area (Å²) in [6.07, 6.45) is 8.72. The van der Waals surface area contributed by atoms with E-state index < -0.39 is 0 Å². The van der Waals surface area contributed by atoms with E-state index in [-0.39, 0.29) is 11.4 Å². The number of nitrogens with one attached hydrogen (secondary N) is 1. The number of amides is 1. The first-order valence-electron chi connectivity index (χ1n) is 9.13. The van der Waals surface area contributed by atoms with Gasteiger partial charge in [-0.2, -0.15) is 11.8 Å². The van der Waals surface area contributed by atoms with Crippen molar-refractivity contribution in [2.45, 2.75) is 56.2 Å². The summed E-state index contributed by atoms with van der Waals surface area (Å²) in [6, 6.07) is 10.5.